The van der Waals surface area contributed by atoms with Crippen LogP contribution in [0.5, 0.6) is 0 Å². The molecule has 2 aromatic heterocycles. The zero-order chi connectivity index (χ0) is 17.2. The largest absolute Gasteiger partial charge is 0.416 e. The summed E-state index contributed by atoms with van der Waals surface area (Å²) in [7, 11) is 0. The van der Waals surface area contributed by atoms with Gasteiger partial charge in [0.05, 0.1) is 18.0 Å². The summed E-state index contributed by atoms with van der Waals surface area (Å²) >= 11 is 0. The number of halogens is 3. The van der Waals surface area contributed by atoms with Crippen molar-refractivity contribution in [3.05, 3.63) is 47.9 Å². The predicted octanol–water partition coefficient (Wildman–Crippen LogP) is 3.16. The minimum Gasteiger partial charge on any atom is -0.315 e. The molecule has 0 amide bonds. The summed E-state index contributed by atoms with van der Waals surface area (Å²) in [5, 5.41) is 15.0. The van der Waals surface area contributed by atoms with Crippen LogP contribution in [-0.2, 0) is 6.18 Å². The Bertz CT molecular complexity index is 881. The van der Waals surface area contributed by atoms with E-state index in [-0.39, 0.29) is 23.4 Å². The van der Waals surface area contributed by atoms with E-state index in [1.54, 1.807) is 0 Å². The summed E-state index contributed by atoms with van der Waals surface area (Å²) in [6, 6.07) is 6.18. The number of nitrogens with zero attached hydrogens (tertiary/aromatic N) is 5. The molecule has 0 saturated heterocycles. The Hall–Kier alpha value is -3.48. The highest BCUT2D eigenvalue weighted by Gasteiger charge is 2.30. The van der Waals surface area contributed by atoms with E-state index < -0.39 is 11.7 Å². The summed E-state index contributed by atoms with van der Waals surface area (Å²) in [5.74, 6) is 0.393. The van der Waals surface area contributed by atoms with Gasteiger partial charge in [0.1, 0.15) is 6.07 Å². The minimum absolute atomic E-state index is 0.0103. The Morgan fingerprint density at radius 2 is 1.83 bits per heavy atom. The standard InChI is InChI=1S/C14H7F3N6O/c15-14(16,17)9-3-1-8(2-4-9)12-22-13(24-23-12)21-11-7-19-10(5-18)6-20-11/h1-4,6-7H,(H,20,21,22,23). The fourth-order valence-electron chi connectivity index (χ4n) is 1.76. The van der Waals surface area contributed by atoms with Crippen LogP contribution in [0.2, 0.25) is 0 Å². The molecule has 0 bridgehead atoms. The first-order valence-electron chi connectivity index (χ1n) is 6.46. The zero-order valence-corrected chi connectivity index (χ0v) is 11.7. The molecule has 0 aliphatic rings. The highest BCUT2D eigenvalue weighted by molar-refractivity contribution is 5.57. The first-order chi connectivity index (χ1) is 11.5. The maximum Gasteiger partial charge on any atom is 0.416 e. The van der Waals surface area contributed by atoms with Gasteiger partial charge in [-0.3, -0.25) is 5.32 Å². The van der Waals surface area contributed by atoms with Crippen molar-refractivity contribution < 1.29 is 17.7 Å². The normalized spacial score (nSPS) is 11.1. The minimum atomic E-state index is -4.41. The van der Waals surface area contributed by atoms with Crippen LogP contribution in [0.4, 0.5) is 25.0 Å². The van der Waals surface area contributed by atoms with E-state index in [4.69, 9.17) is 9.78 Å². The molecular weight excluding hydrogens is 325 g/mol. The number of benzene rings is 1. The van der Waals surface area contributed by atoms with E-state index in [0.29, 0.717) is 5.56 Å². The topological polar surface area (TPSA) is 101 Å². The summed E-state index contributed by atoms with van der Waals surface area (Å²) in [5.41, 5.74) is -0.247. The molecule has 0 saturated carbocycles. The van der Waals surface area contributed by atoms with Crippen LogP contribution < -0.4 is 5.32 Å². The predicted molar refractivity (Wildman–Crippen MR) is 74.8 cm³/mol. The van der Waals surface area contributed by atoms with Gasteiger partial charge in [0.2, 0.25) is 5.82 Å². The van der Waals surface area contributed by atoms with Gasteiger partial charge in [-0.15, -0.1) is 0 Å². The van der Waals surface area contributed by atoms with Gasteiger partial charge in [-0.25, -0.2) is 9.97 Å². The van der Waals surface area contributed by atoms with E-state index in [0.717, 1.165) is 12.1 Å². The Labute approximate surface area is 132 Å². The zero-order valence-electron chi connectivity index (χ0n) is 11.7. The maximum atomic E-state index is 12.5. The number of nitriles is 1. The molecule has 0 fully saturated rings. The molecule has 3 rings (SSSR count). The number of hydrogen-bond acceptors (Lipinski definition) is 7. The second-order valence-electron chi connectivity index (χ2n) is 4.52. The average molecular weight is 332 g/mol. The monoisotopic (exact) mass is 332 g/mol. The molecule has 0 spiro atoms. The van der Waals surface area contributed by atoms with Gasteiger partial charge in [0.25, 0.3) is 0 Å². The van der Waals surface area contributed by atoms with Gasteiger partial charge in [-0.05, 0) is 12.1 Å². The van der Waals surface area contributed by atoms with E-state index in [2.05, 4.69) is 25.4 Å². The third-order valence-corrected chi connectivity index (χ3v) is 2.90. The van der Waals surface area contributed by atoms with Crippen molar-refractivity contribution in [3.8, 4) is 17.5 Å². The quantitative estimate of drug-likeness (QED) is 0.786. The lowest BCUT2D eigenvalue weighted by Crippen LogP contribution is -2.04. The fraction of sp³-hybridized carbons (Fsp3) is 0.0714. The number of rotatable bonds is 3. The van der Waals surface area contributed by atoms with Gasteiger partial charge in [0, 0.05) is 5.56 Å². The lowest BCUT2D eigenvalue weighted by Gasteiger charge is -2.05. The molecule has 24 heavy (non-hydrogen) atoms. The summed E-state index contributed by atoms with van der Waals surface area (Å²) < 4.78 is 42.5. The number of nitrogens with one attached hydrogen (secondary N) is 1. The van der Waals surface area contributed by atoms with Crippen molar-refractivity contribution >= 4 is 11.8 Å². The van der Waals surface area contributed by atoms with Crippen molar-refractivity contribution in [2.75, 3.05) is 5.32 Å². The highest BCUT2D eigenvalue weighted by atomic mass is 19.4. The lowest BCUT2D eigenvalue weighted by molar-refractivity contribution is -0.137. The molecule has 7 nitrogen and oxygen atoms in total. The maximum absolute atomic E-state index is 12.5. The third kappa shape index (κ3) is 3.30. The second-order valence-corrected chi connectivity index (χ2v) is 4.52. The fourth-order valence-corrected chi connectivity index (χ4v) is 1.76. The van der Waals surface area contributed by atoms with Crippen LogP contribution in [0.25, 0.3) is 11.4 Å². The van der Waals surface area contributed by atoms with E-state index in [9.17, 15) is 13.2 Å². The lowest BCUT2D eigenvalue weighted by atomic mass is 10.1. The molecule has 0 aliphatic carbocycles. The first kappa shape index (κ1) is 15.4. The number of hydrogen-bond donors (Lipinski definition) is 1. The van der Waals surface area contributed by atoms with Crippen LogP contribution in [0.15, 0.2) is 41.2 Å². The number of alkyl halides is 3. The molecule has 10 heteroatoms. The smallest absolute Gasteiger partial charge is 0.315 e. The number of anilines is 2. The van der Waals surface area contributed by atoms with E-state index in [1.807, 2.05) is 6.07 Å². The SMILES string of the molecule is N#Cc1cnc(Nc2nc(-c3ccc(C(F)(F)F)cc3)no2)cn1. The molecule has 0 atom stereocenters. The van der Waals surface area contributed by atoms with Crippen LogP contribution in [0, 0.1) is 11.3 Å². The number of aromatic nitrogens is 4. The molecule has 2 heterocycles. The van der Waals surface area contributed by atoms with Crippen molar-refractivity contribution in [1.29, 1.82) is 5.26 Å². The van der Waals surface area contributed by atoms with Crippen molar-refractivity contribution in [3.63, 3.8) is 0 Å². The summed E-state index contributed by atoms with van der Waals surface area (Å²) in [4.78, 5) is 11.7. The van der Waals surface area contributed by atoms with Gasteiger partial charge < -0.3 is 4.52 Å². The Morgan fingerprint density at radius 3 is 2.42 bits per heavy atom. The molecule has 0 radical (unpaired) electrons. The van der Waals surface area contributed by atoms with Crippen LogP contribution >= 0.6 is 0 Å². The van der Waals surface area contributed by atoms with E-state index in [1.165, 1.54) is 24.5 Å². The van der Waals surface area contributed by atoms with Gasteiger partial charge in [0.15, 0.2) is 11.5 Å². The Balaban J connectivity index is 1.76. The Kier molecular flexibility index (Phi) is 3.83. The second kappa shape index (κ2) is 5.96. The first-order valence-corrected chi connectivity index (χ1v) is 6.46. The van der Waals surface area contributed by atoms with E-state index >= 15 is 0 Å². The molecule has 0 unspecified atom stereocenters. The molecule has 1 N–H and O–H groups in total. The Morgan fingerprint density at radius 1 is 1.08 bits per heavy atom. The van der Waals surface area contributed by atoms with Crippen LogP contribution in [0.1, 0.15) is 11.3 Å². The molecule has 3 aromatic rings. The van der Waals surface area contributed by atoms with Gasteiger partial charge >= 0.3 is 12.2 Å². The molecule has 0 aliphatic heterocycles. The molecule has 1 aromatic carbocycles. The van der Waals surface area contributed by atoms with Crippen molar-refractivity contribution in [1.82, 2.24) is 20.1 Å². The molecular formula is C14H7F3N6O. The van der Waals surface area contributed by atoms with Gasteiger partial charge in [-0.2, -0.15) is 23.4 Å². The third-order valence-electron chi connectivity index (χ3n) is 2.90. The summed E-state index contributed by atoms with van der Waals surface area (Å²) in [6.07, 6.45) is -1.84. The van der Waals surface area contributed by atoms with Crippen molar-refractivity contribution in [2.24, 2.45) is 0 Å². The summed E-state index contributed by atoms with van der Waals surface area (Å²) in [6.45, 7) is 0. The highest BCUT2D eigenvalue weighted by Crippen LogP contribution is 2.30. The average Bonchev–Trinajstić information content (AvgIpc) is 3.03. The van der Waals surface area contributed by atoms with Crippen LogP contribution in [0.3, 0.4) is 0 Å². The van der Waals surface area contributed by atoms with Gasteiger partial charge in [-0.1, -0.05) is 17.3 Å². The molecule has 120 valence electrons. The van der Waals surface area contributed by atoms with Crippen molar-refractivity contribution in [2.45, 2.75) is 6.18 Å². The van der Waals surface area contributed by atoms with Crippen LogP contribution in [-0.4, -0.2) is 20.1 Å².